The average molecular weight is 288 g/mol. The summed E-state index contributed by atoms with van der Waals surface area (Å²) in [4.78, 5) is 13.1. The van der Waals surface area contributed by atoms with E-state index < -0.39 is 5.97 Å². The van der Waals surface area contributed by atoms with Gasteiger partial charge < -0.3 is 10.2 Å². The second kappa shape index (κ2) is 6.96. The third kappa shape index (κ3) is 4.25. The molecular weight excluding hydrogens is 266 g/mol. The van der Waals surface area contributed by atoms with Gasteiger partial charge in [-0.2, -0.15) is 0 Å². The maximum Gasteiger partial charge on any atom is 0.307 e. The van der Waals surface area contributed by atoms with Gasteiger partial charge in [0, 0.05) is 12.6 Å². The summed E-state index contributed by atoms with van der Waals surface area (Å²) in [7, 11) is 0. The summed E-state index contributed by atoms with van der Waals surface area (Å²) < 4.78 is 0. The van der Waals surface area contributed by atoms with Crippen molar-refractivity contribution in [1.82, 2.24) is 4.90 Å². The van der Waals surface area contributed by atoms with Gasteiger partial charge in [0.2, 0.25) is 0 Å². The summed E-state index contributed by atoms with van der Waals surface area (Å²) in [5.74, 6) is -0.868. The molecule has 0 saturated carbocycles. The molecule has 0 amide bonds. The van der Waals surface area contributed by atoms with Crippen molar-refractivity contribution in [2.24, 2.45) is 11.8 Å². The molecule has 1 aliphatic rings. The van der Waals surface area contributed by atoms with E-state index in [0.717, 1.165) is 13.0 Å². The number of aliphatic carboxylic acids is 1. The Balaban J connectivity index is 2.84. The predicted molar refractivity (Wildman–Crippen MR) is 76.3 cm³/mol. The van der Waals surface area contributed by atoms with E-state index in [1.165, 1.54) is 0 Å². The van der Waals surface area contributed by atoms with Crippen molar-refractivity contribution >= 4 is 17.6 Å². The first kappa shape index (κ1) is 16.1. The van der Waals surface area contributed by atoms with Crippen LogP contribution < -0.4 is 0 Å². The molecular formula is C14H22ClNO3. The Kier molecular flexibility index (Phi) is 5.88. The van der Waals surface area contributed by atoms with Crippen LogP contribution in [0.5, 0.6) is 0 Å². The molecule has 1 fully saturated rings. The topological polar surface area (TPSA) is 60.8 Å². The maximum atomic E-state index is 11.0. The SMILES string of the molecule is C=C(O)C(Cl)=CC([C@@H](C)CC)N1CC[C@@H](C(=O)O)C1. The molecule has 0 aromatic rings. The van der Waals surface area contributed by atoms with Gasteiger partial charge in [0.05, 0.1) is 11.0 Å². The summed E-state index contributed by atoms with van der Waals surface area (Å²) in [6, 6.07) is 0.0331. The van der Waals surface area contributed by atoms with E-state index in [1.807, 2.05) is 0 Å². The highest BCUT2D eigenvalue weighted by Crippen LogP contribution is 2.26. The number of hydrogen-bond donors (Lipinski definition) is 2. The van der Waals surface area contributed by atoms with Gasteiger partial charge in [-0.25, -0.2) is 0 Å². The number of likely N-dealkylation sites (tertiary alicyclic amines) is 1. The maximum absolute atomic E-state index is 11.0. The fourth-order valence-electron chi connectivity index (χ4n) is 2.38. The lowest BCUT2D eigenvalue weighted by Crippen LogP contribution is -2.37. The Morgan fingerprint density at radius 3 is 2.63 bits per heavy atom. The lowest BCUT2D eigenvalue weighted by Gasteiger charge is -2.30. The highest BCUT2D eigenvalue weighted by atomic mass is 35.5. The number of rotatable bonds is 6. The van der Waals surface area contributed by atoms with E-state index in [0.29, 0.717) is 18.9 Å². The van der Waals surface area contributed by atoms with E-state index >= 15 is 0 Å². The third-order valence-corrected chi connectivity index (χ3v) is 4.15. The number of aliphatic hydroxyl groups is 1. The number of carbonyl (C=O) groups is 1. The molecule has 3 atom stereocenters. The van der Waals surface area contributed by atoms with Crippen LogP contribution in [0.25, 0.3) is 0 Å². The molecule has 4 nitrogen and oxygen atoms in total. The zero-order chi connectivity index (χ0) is 14.6. The van der Waals surface area contributed by atoms with Crippen LogP contribution in [0, 0.1) is 11.8 Å². The minimum Gasteiger partial charge on any atom is -0.507 e. The number of carboxylic acid groups (broad SMARTS) is 1. The molecule has 0 aliphatic carbocycles. The molecule has 5 heteroatoms. The van der Waals surface area contributed by atoms with E-state index in [1.54, 1.807) is 6.08 Å². The van der Waals surface area contributed by atoms with Crippen LogP contribution in [-0.4, -0.2) is 40.2 Å². The Morgan fingerprint density at radius 2 is 2.21 bits per heavy atom. The first-order valence-corrected chi connectivity index (χ1v) is 6.97. The van der Waals surface area contributed by atoms with Crippen LogP contribution in [0.3, 0.4) is 0 Å². The predicted octanol–water partition coefficient (Wildman–Crippen LogP) is 3.00. The molecule has 19 heavy (non-hydrogen) atoms. The van der Waals surface area contributed by atoms with Gasteiger partial charge in [0.15, 0.2) is 0 Å². The molecule has 1 aliphatic heterocycles. The number of allylic oxidation sites excluding steroid dienone is 1. The number of halogens is 1. The molecule has 1 saturated heterocycles. The molecule has 1 rings (SSSR count). The van der Waals surface area contributed by atoms with Crippen LogP contribution in [-0.2, 0) is 4.79 Å². The monoisotopic (exact) mass is 287 g/mol. The van der Waals surface area contributed by atoms with Gasteiger partial charge in [-0.3, -0.25) is 9.69 Å². The normalized spacial score (nSPS) is 24.2. The fraction of sp³-hybridized carbons (Fsp3) is 0.643. The Bertz CT molecular complexity index is 381. The van der Waals surface area contributed by atoms with Crippen LogP contribution in [0.4, 0.5) is 0 Å². The molecule has 0 aromatic carbocycles. The molecule has 1 unspecified atom stereocenters. The molecule has 0 bridgehead atoms. The fourth-order valence-corrected chi connectivity index (χ4v) is 2.51. The van der Waals surface area contributed by atoms with Gasteiger partial charge in [0.1, 0.15) is 5.76 Å². The Labute approximate surface area is 119 Å². The van der Waals surface area contributed by atoms with Crippen LogP contribution in [0.1, 0.15) is 26.7 Å². The van der Waals surface area contributed by atoms with Gasteiger partial charge in [-0.15, -0.1) is 0 Å². The summed E-state index contributed by atoms with van der Waals surface area (Å²) in [5.41, 5.74) is 0. The summed E-state index contributed by atoms with van der Waals surface area (Å²) >= 11 is 5.96. The molecule has 0 spiro atoms. The minimum absolute atomic E-state index is 0.0331. The van der Waals surface area contributed by atoms with Crippen molar-refractivity contribution in [3.8, 4) is 0 Å². The van der Waals surface area contributed by atoms with Crippen molar-refractivity contribution in [2.75, 3.05) is 13.1 Å². The standard InChI is InChI=1S/C14H22ClNO3/c1-4-9(2)13(7-12(15)10(3)17)16-6-5-11(8-16)14(18)19/h7,9,11,13,17H,3-6,8H2,1-2H3,(H,18,19)/t9-,11+,13?/m0/s1. The van der Waals surface area contributed by atoms with E-state index in [4.69, 9.17) is 16.7 Å². The summed E-state index contributed by atoms with van der Waals surface area (Å²) in [6.07, 6.45) is 3.40. The van der Waals surface area contributed by atoms with Crippen molar-refractivity contribution in [2.45, 2.75) is 32.7 Å². The number of nitrogens with zero attached hydrogens (tertiary/aromatic N) is 1. The second-order valence-corrected chi connectivity index (χ2v) is 5.56. The number of carboxylic acids is 1. The highest BCUT2D eigenvalue weighted by molar-refractivity contribution is 6.31. The van der Waals surface area contributed by atoms with E-state index in [9.17, 15) is 9.90 Å². The lowest BCUT2D eigenvalue weighted by molar-refractivity contribution is -0.141. The zero-order valence-corrected chi connectivity index (χ0v) is 12.2. The van der Waals surface area contributed by atoms with Gasteiger partial charge >= 0.3 is 5.97 Å². The molecule has 2 N–H and O–H groups in total. The summed E-state index contributed by atoms with van der Waals surface area (Å²) in [5, 5.41) is 18.6. The Morgan fingerprint density at radius 1 is 1.58 bits per heavy atom. The van der Waals surface area contributed by atoms with E-state index in [-0.39, 0.29) is 22.8 Å². The molecule has 108 valence electrons. The molecule has 1 heterocycles. The Hall–Kier alpha value is -1.00. The van der Waals surface area contributed by atoms with Crippen molar-refractivity contribution in [3.05, 3.63) is 23.4 Å². The lowest BCUT2D eigenvalue weighted by atomic mass is 9.97. The highest BCUT2D eigenvalue weighted by Gasteiger charge is 2.33. The minimum atomic E-state index is -0.743. The van der Waals surface area contributed by atoms with Gasteiger partial charge in [-0.05, 0) is 25.0 Å². The molecule has 0 radical (unpaired) electrons. The number of hydrogen-bond acceptors (Lipinski definition) is 3. The molecule has 0 aromatic heterocycles. The second-order valence-electron chi connectivity index (χ2n) is 5.16. The van der Waals surface area contributed by atoms with Crippen molar-refractivity contribution in [1.29, 1.82) is 0 Å². The average Bonchev–Trinajstić information content (AvgIpc) is 2.83. The smallest absolute Gasteiger partial charge is 0.307 e. The first-order valence-electron chi connectivity index (χ1n) is 6.59. The quantitative estimate of drug-likeness (QED) is 0.582. The van der Waals surface area contributed by atoms with Crippen LogP contribution in [0.15, 0.2) is 23.4 Å². The van der Waals surface area contributed by atoms with Crippen LogP contribution >= 0.6 is 11.6 Å². The van der Waals surface area contributed by atoms with Gasteiger partial charge in [0.25, 0.3) is 0 Å². The summed E-state index contributed by atoms with van der Waals surface area (Å²) in [6.45, 7) is 8.86. The third-order valence-electron chi connectivity index (χ3n) is 3.81. The van der Waals surface area contributed by atoms with Crippen LogP contribution in [0.2, 0.25) is 0 Å². The van der Waals surface area contributed by atoms with Gasteiger partial charge in [-0.1, -0.05) is 38.4 Å². The largest absolute Gasteiger partial charge is 0.507 e. The van der Waals surface area contributed by atoms with Crippen molar-refractivity contribution < 1.29 is 15.0 Å². The van der Waals surface area contributed by atoms with E-state index in [2.05, 4.69) is 25.3 Å². The first-order chi connectivity index (χ1) is 8.86. The van der Waals surface area contributed by atoms with Crippen molar-refractivity contribution in [3.63, 3.8) is 0 Å². The number of aliphatic hydroxyl groups excluding tert-OH is 1. The zero-order valence-electron chi connectivity index (χ0n) is 11.5.